The van der Waals surface area contributed by atoms with Crippen LogP contribution >= 0.6 is 0 Å². The summed E-state index contributed by atoms with van der Waals surface area (Å²) in [4.78, 5) is 14.0. The van der Waals surface area contributed by atoms with Crippen LogP contribution in [0.2, 0.25) is 0 Å². The second-order valence-electron chi connectivity index (χ2n) is 9.85. The van der Waals surface area contributed by atoms with Gasteiger partial charge in [-0.3, -0.25) is 4.90 Å². The van der Waals surface area contributed by atoms with Gasteiger partial charge in [-0.1, -0.05) is 38.5 Å². The third kappa shape index (κ3) is 6.77. The maximum Gasteiger partial charge on any atom is 0.506 e. The molecule has 0 amide bonds. The van der Waals surface area contributed by atoms with E-state index in [0.29, 0.717) is 49.8 Å². The molecule has 10 nitrogen and oxygen atoms in total. The molecule has 214 valence electrons. The number of hydrogen-bond donors (Lipinski definition) is 1. The second kappa shape index (κ2) is 12.9. The van der Waals surface area contributed by atoms with Gasteiger partial charge in [-0.15, -0.1) is 0 Å². The second-order valence-corrected chi connectivity index (χ2v) is 11.9. The zero-order valence-electron chi connectivity index (χ0n) is 22.7. The molecule has 0 aromatic heterocycles. The molecule has 0 saturated carbocycles. The Hall–Kier alpha value is -3.02. The van der Waals surface area contributed by atoms with E-state index in [-0.39, 0.29) is 18.5 Å². The van der Waals surface area contributed by atoms with Gasteiger partial charge in [-0.05, 0) is 48.2 Å². The predicted molar refractivity (Wildman–Crippen MR) is 146 cm³/mol. The average Bonchev–Trinajstić information content (AvgIpc) is 3.52. The molecule has 2 aromatic rings. The first-order chi connectivity index (χ1) is 18.8. The lowest BCUT2D eigenvalue weighted by atomic mass is 9.90. The summed E-state index contributed by atoms with van der Waals surface area (Å²) in [5.74, 6) is 1.73. The summed E-state index contributed by atoms with van der Waals surface area (Å²) in [7, 11) is -1.81. The lowest BCUT2D eigenvalue weighted by Gasteiger charge is -2.30. The van der Waals surface area contributed by atoms with Crippen LogP contribution in [0.1, 0.15) is 56.2 Å². The number of benzene rings is 2. The minimum Gasteiger partial charge on any atom is -0.497 e. The first-order valence-corrected chi connectivity index (χ1v) is 15.0. The Balaban J connectivity index is 1.68. The molecule has 2 aromatic carbocycles. The van der Waals surface area contributed by atoms with Gasteiger partial charge in [0.1, 0.15) is 11.9 Å². The number of ether oxygens (including phenoxy) is 4. The third-order valence-corrected chi connectivity index (χ3v) is 9.38. The van der Waals surface area contributed by atoms with Crippen LogP contribution in [0.5, 0.6) is 17.2 Å². The van der Waals surface area contributed by atoms with Gasteiger partial charge < -0.3 is 24.1 Å². The average molecular weight is 563 g/mol. The highest BCUT2D eigenvalue weighted by Crippen LogP contribution is 2.45. The Morgan fingerprint density at radius 2 is 1.77 bits per heavy atom. The molecule has 11 heteroatoms. The van der Waals surface area contributed by atoms with E-state index in [1.165, 1.54) is 0 Å². The van der Waals surface area contributed by atoms with Crippen LogP contribution in [0.15, 0.2) is 42.5 Å². The summed E-state index contributed by atoms with van der Waals surface area (Å²) < 4.78 is 49.6. The maximum atomic E-state index is 13.0. The van der Waals surface area contributed by atoms with Crippen molar-refractivity contribution in [3.05, 3.63) is 53.6 Å². The van der Waals surface area contributed by atoms with Crippen LogP contribution < -0.4 is 14.2 Å². The number of unbranched alkanes of at least 4 members (excludes halogenated alkanes) is 1. The third-order valence-electron chi connectivity index (χ3n) is 7.30. The highest BCUT2D eigenvalue weighted by Gasteiger charge is 2.46. The maximum absolute atomic E-state index is 13.0. The topological polar surface area (TPSA) is 115 Å². The number of rotatable bonds is 13. The predicted octanol–water partition coefficient (Wildman–Crippen LogP) is 4.47. The van der Waals surface area contributed by atoms with Crippen LogP contribution in [-0.2, 0) is 14.8 Å². The fraction of sp³-hybridized carbons (Fsp3) is 0.536. The zero-order valence-corrected chi connectivity index (χ0v) is 23.6. The molecule has 1 N–H and O–H groups in total. The van der Waals surface area contributed by atoms with E-state index in [1.807, 2.05) is 56.3 Å². The first-order valence-electron chi connectivity index (χ1n) is 13.4. The molecule has 1 saturated heterocycles. The molecule has 2 aliphatic heterocycles. The van der Waals surface area contributed by atoms with E-state index >= 15 is 0 Å². The molecule has 39 heavy (non-hydrogen) atoms. The highest BCUT2D eigenvalue weighted by molar-refractivity contribution is 7.89. The Morgan fingerprint density at radius 3 is 2.44 bits per heavy atom. The largest absolute Gasteiger partial charge is 0.506 e. The normalized spacial score (nSPS) is 20.9. The fourth-order valence-electron chi connectivity index (χ4n) is 5.38. The summed E-state index contributed by atoms with van der Waals surface area (Å²) >= 11 is 0. The number of fused-ring (bicyclic) bond motifs is 1. The molecule has 0 radical (unpaired) electrons. The SMILES string of the molecule is CCCCN(CCN1C[C@H](c2ccc3c(c2)OCO3)[C@H](OC(=O)O)[C@H]1c1ccc(OC)cc1)S(=O)(=O)CCC. The fourth-order valence-corrected chi connectivity index (χ4v) is 6.92. The van der Waals surface area contributed by atoms with Gasteiger partial charge in [0, 0.05) is 32.1 Å². The van der Waals surface area contributed by atoms with Crippen molar-refractivity contribution in [1.82, 2.24) is 9.21 Å². The van der Waals surface area contributed by atoms with Gasteiger partial charge in [-0.25, -0.2) is 17.5 Å². The molecule has 2 heterocycles. The van der Waals surface area contributed by atoms with Crippen molar-refractivity contribution in [2.24, 2.45) is 0 Å². The summed E-state index contributed by atoms with van der Waals surface area (Å²) in [6.07, 6.45) is 0.116. The Bertz CT molecular complexity index is 1220. The van der Waals surface area contributed by atoms with Crippen LogP contribution in [0.3, 0.4) is 0 Å². The van der Waals surface area contributed by atoms with Gasteiger partial charge in [-0.2, -0.15) is 0 Å². The number of methoxy groups -OCH3 is 1. The summed E-state index contributed by atoms with van der Waals surface area (Å²) in [6, 6.07) is 12.6. The van der Waals surface area contributed by atoms with E-state index in [2.05, 4.69) is 4.90 Å². The van der Waals surface area contributed by atoms with Crippen molar-refractivity contribution in [1.29, 1.82) is 0 Å². The van der Waals surface area contributed by atoms with Crippen molar-refractivity contribution in [2.75, 3.05) is 45.8 Å². The monoisotopic (exact) mass is 562 g/mol. The molecule has 3 atom stereocenters. The minimum atomic E-state index is -3.40. The molecule has 4 rings (SSSR count). The van der Waals surface area contributed by atoms with Gasteiger partial charge in [0.05, 0.1) is 18.9 Å². The van der Waals surface area contributed by atoms with Crippen molar-refractivity contribution < 1.29 is 37.3 Å². The van der Waals surface area contributed by atoms with E-state index in [4.69, 9.17) is 18.9 Å². The molecule has 0 aliphatic carbocycles. The molecule has 2 aliphatic rings. The lowest BCUT2D eigenvalue weighted by Crippen LogP contribution is -2.41. The number of sulfonamides is 1. The van der Waals surface area contributed by atoms with E-state index in [1.54, 1.807) is 11.4 Å². The molecule has 0 bridgehead atoms. The summed E-state index contributed by atoms with van der Waals surface area (Å²) in [6.45, 7) is 5.70. The molecular formula is C28H38N2O8S. The van der Waals surface area contributed by atoms with Crippen molar-refractivity contribution >= 4 is 16.2 Å². The van der Waals surface area contributed by atoms with E-state index in [0.717, 1.165) is 24.0 Å². The van der Waals surface area contributed by atoms with Gasteiger partial charge in [0.25, 0.3) is 0 Å². The van der Waals surface area contributed by atoms with Crippen LogP contribution in [0.4, 0.5) is 4.79 Å². The first kappa shape index (κ1) is 29.0. The Labute approximate surface area is 230 Å². The highest BCUT2D eigenvalue weighted by atomic mass is 32.2. The van der Waals surface area contributed by atoms with Crippen molar-refractivity contribution in [3.63, 3.8) is 0 Å². The zero-order chi connectivity index (χ0) is 28.0. The molecule has 0 unspecified atom stereocenters. The number of carboxylic acid groups (broad SMARTS) is 1. The van der Waals surface area contributed by atoms with Crippen molar-refractivity contribution in [3.8, 4) is 17.2 Å². The minimum absolute atomic E-state index is 0.100. The molecular weight excluding hydrogens is 524 g/mol. The number of likely N-dealkylation sites (tertiary alicyclic amines) is 1. The Morgan fingerprint density at radius 1 is 1.05 bits per heavy atom. The molecule has 0 spiro atoms. The number of carbonyl (C=O) groups is 1. The van der Waals surface area contributed by atoms with Gasteiger partial charge in [0.15, 0.2) is 11.5 Å². The number of hydrogen-bond acceptors (Lipinski definition) is 8. The van der Waals surface area contributed by atoms with Gasteiger partial charge >= 0.3 is 6.16 Å². The van der Waals surface area contributed by atoms with Crippen molar-refractivity contribution in [2.45, 2.75) is 51.2 Å². The molecule has 1 fully saturated rings. The smallest absolute Gasteiger partial charge is 0.497 e. The standard InChI is InChI=1S/C28H38N2O8S/c1-4-6-13-30(39(33,34)16-5-2)15-14-29-18-23(21-9-12-24-25(17-21)37-19-36-24)27(38-28(31)32)26(29)20-7-10-22(35-3)11-8-20/h7-12,17,23,26-27H,4-6,13-16,18-19H2,1-3H3,(H,31,32)/t23-,26-,27+/m1/s1. The van der Waals surface area contributed by atoms with Crippen LogP contribution in [-0.4, -0.2) is 80.8 Å². The van der Waals surface area contributed by atoms with Crippen LogP contribution in [0.25, 0.3) is 0 Å². The lowest BCUT2D eigenvalue weighted by molar-refractivity contribution is 0.0283. The Kier molecular flexibility index (Phi) is 9.58. The van der Waals surface area contributed by atoms with Crippen LogP contribution in [0, 0.1) is 0 Å². The number of nitrogens with zero attached hydrogens (tertiary/aromatic N) is 2. The summed E-state index contributed by atoms with van der Waals surface area (Å²) in [5.41, 5.74) is 1.73. The van der Waals surface area contributed by atoms with Gasteiger partial charge in [0.2, 0.25) is 16.8 Å². The summed E-state index contributed by atoms with van der Waals surface area (Å²) in [5, 5.41) is 9.71. The van der Waals surface area contributed by atoms with E-state index in [9.17, 15) is 18.3 Å². The van der Waals surface area contributed by atoms with E-state index < -0.39 is 28.3 Å². The quantitative estimate of drug-likeness (QED) is 0.353.